The third-order valence-corrected chi connectivity index (χ3v) is 4.59. The van der Waals surface area contributed by atoms with E-state index in [1.54, 1.807) is 6.07 Å². The second-order valence-electron chi connectivity index (χ2n) is 6.16. The first-order valence-electron chi connectivity index (χ1n) is 8.38. The SMILES string of the molecule is Oc1ccccc1C1CCC(NCC#Cc2ccccc2)CC1. The number of nitrogens with one attached hydrogen (secondary N) is 1. The van der Waals surface area contributed by atoms with Gasteiger partial charge in [0.05, 0.1) is 6.54 Å². The molecule has 0 unspecified atom stereocenters. The van der Waals surface area contributed by atoms with Gasteiger partial charge in [0.25, 0.3) is 0 Å². The van der Waals surface area contributed by atoms with E-state index in [1.807, 2.05) is 42.5 Å². The van der Waals surface area contributed by atoms with Gasteiger partial charge in [0.2, 0.25) is 0 Å². The molecule has 1 aliphatic rings. The minimum absolute atomic E-state index is 0.442. The first-order valence-corrected chi connectivity index (χ1v) is 8.38. The number of phenolic OH excluding ortho intramolecular Hbond substituents is 1. The summed E-state index contributed by atoms with van der Waals surface area (Å²) in [6.07, 6.45) is 4.54. The minimum atomic E-state index is 0.442. The van der Waals surface area contributed by atoms with Crippen LogP contribution in [0.1, 0.15) is 42.7 Å². The Kier molecular flexibility index (Phi) is 5.34. The summed E-state index contributed by atoms with van der Waals surface area (Å²) in [4.78, 5) is 0. The van der Waals surface area contributed by atoms with Gasteiger partial charge in [-0.25, -0.2) is 0 Å². The zero-order valence-corrected chi connectivity index (χ0v) is 13.3. The van der Waals surface area contributed by atoms with Gasteiger partial charge in [0, 0.05) is 11.6 Å². The molecule has 0 aromatic heterocycles. The monoisotopic (exact) mass is 305 g/mol. The topological polar surface area (TPSA) is 32.3 Å². The molecule has 0 radical (unpaired) electrons. The van der Waals surface area contributed by atoms with Crippen LogP contribution in [0.25, 0.3) is 0 Å². The van der Waals surface area contributed by atoms with E-state index in [1.165, 1.54) is 0 Å². The van der Waals surface area contributed by atoms with Crippen LogP contribution in [0.5, 0.6) is 5.75 Å². The largest absolute Gasteiger partial charge is 0.508 e. The molecule has 1 fully saturated rings. The van der Waals surface area contributed by atoms with Crippen LogP contribution in [0.15, 0.2) is 54.6 Å². The number of rotatable bonds is 3. The van der Waals surface area contributed by atoms with Crippen LogP contribution in [0.4, 0.5) is 0 Å². The lowest BCUT2D eigenvalue weighted by Gasteiger charge is -2.29. The fourth-order valence-corrected chi connectivity index (χ4v) is 3.30. The first-order chi connectivity index (χ1) is 11.3. The molecule has 3 rings (SSSR count). The Hall–Kier alpha value is -2.24. The summed E-state index contributed by atoms with van der Waals surface area (Å²) in [6.45, 7) is 0.737. The fraction of sp³-hybridized carbons (Fsp3) is 0.333. The number of para-hydroxylation sites is 1. The second kappa shape index (κ2) is 7.85. The van der Waals surface area contributed by atoms with Crippen molar-refractivity contribution in [2.24, 2.45) is 0 Å². The lowest BCUT2D eigenvalue weighted by atomic mass is 9.81. The predicted octanol–water partition coefficient (Wildman–Crippen LogP) is 4.06. The predicted molar refractivity (Wildman–Crippen MR) is 94.4 cm³/mol. The zero-order chi connectivity index (χ0) is 15.9. The smallest absolute Gasteiger partial charge is 0.119 e. The normalized spacial score (nSPS) is 20.5. The number of hydrogen-bond donors (Lipinski definition) is 2. The van der Waals surface area contributed by atoms with Gasteiger partial charge in [0.1, 0.15) is 5.75 Å². The third-order valence-electron chi connectivity index (χ3n) is 4.59. The highest BCUT2D eigenvalue weighted by molar-refractivity contribution is 5.35. The molecular formula is C21H23NO. The molecule has 2 N–H and O–H groups in total. The van der Waals surface area contributed by atoms with E-state index < -0.39 is 0 Å². The molecule has 2 aromatic carbocycles. The Morgan fingerprint density at radius 2 is 1.61 bits per heavy atom. The summed E-state index contributed by atoms with van der Waals surface area (Å²) < 4.78 is 0. The molecule has 0 atom stereocenters. The molecule has 2 aromatic rings. The van der Waals surface area contributed by atoms with Crippen molar-refractivity contribution in [3.05, 3.63) is 65.7 Å². The van der Waals surface area contributed by atoms with Crippen molar-refractivity contribution in [1.82, 2.24) is 5.32 Å². The molecule has 0 bridgehead atoms. The summed E-state index contributed by atoms with van der Waals surface area (Å²) in [5.74, 6) is 7.31. The Labute approximate surface area is 138 Å². The molecule has 0 amide bonds. The van der Waals surface area contributed by atoms with Crippen molar-refractivity contribution in [1.29, 1.82) is 0 Å². The lowest BCUT2D eigenvalue weighted by molar-refractivity contribution is 0.345. The van der Waals surface area contributed by atoms with Crippen molar-refractivity contribution in [3.8, 4) is 17.6 Å². The molecule has 2 heteroatoms. The van der Waals surface area contributed by atoms with Crippen LogP contribution in [0, 0.1) is 11.8 Å². The summed E-state index contributed by atoms with van der Waals surface area (Å²) in [6, 6.07) is 18.4. The highest BCUT2D eigenvalue weighted by atomic mass is 16.3. The molecule has 118 valence electrons. The fourth-order valence-electron chi connectivity index (χ4n) is 3.30. The van der Waals surface area contributed by atoms with E-state index in [0.29, 0.717) is 17.7 Å². The number of phenols is 1. The minimum Gasteiger partial charge on any atom is -0.508 e. The number of benzene rings is 2. The van der Waals surface area contributed by atoms with Gasteiger partial charge >= 0.3 is 0 Å². The van der Waals surface area contributed by atoms with Crippen molar-refractivity contribution in [2.75, 3.05) is 6.54 Å². The summed E-state index contributed by atoms with van der Waals surface area (Å²) >= 11 is 0. The molecule has 1 saturated carbocycles. The van der Waals surface area contributed by atoms with Crippen molar-refractivity contribution >= 4 is 0 Å². The average molecular weight is 305 g/mol. The molecule has 23 heavy (non-hydrogen) atoms. The van der Waals surface area contributed by atoms with Crippen LogP contribution < -0.4 is 5.32 Å². The summed E-state index contributed by atoms with van der Waals surface area (Å²) in [5.41, 5.74) is 2.17. The second-order valence-corrected chi connectivity index (χ2v) is 6.16. The maximum absolute atomic E-state index is 9.98. The third kappa shape index (κ3) is 4.37. The van der Waals surface area contributed by atoms with Crippen molar-refractivity contribution in [3.63, 3.8) is 0 Å². The van der Waals surface area contributed by atoms with Gasteiger partial charge in [-0.05, 0) is 55.4 Å². The van der Waals surface area contributed by atoms with E-state index in [2.05, 4.69) is 23.2 Å². The van der Waals surface area contributed by atoms with E-state index in [4.69, 9.17) is 0 Å². The zero-order valence-electron chi connectivity index (χ0n) is 13.3. The highest BCUT2D eigenvalue weighted by Crippen LogP contribution is 2.36. The van der Waals surface area contributed by atoms with Gasteiger partial charge in [-0.2, -0.15) is 0 Å². The molecule has 0 aliphatic heterocycles. The van der Waals surface area contributed by atoms with Gasteiger partial charge in [-0.15, -0.1) is 0 Å². The van der Waals surface area contributed by atoms with Crippen molar-refractivity contribution in [2.45, 2.75) is 37.6 Å². The Morgan fingerprint density at radius 1 is 0.913 bits per heavy atom. The van der Waals surface area contributed by atoms with E-state index >= 15 is 0 Å². The molecule has 0 heterocycles. The first kappa shape index (κ1) is 15.6. The highest BCUT2D eigenvalue weighted by Gasteiger charge is 2.23. The van der Waals surface area contributed by atoms with Gasteiger partial charge in [-0.1, -0.05) is 48.2 Å². The molecule has 0 saturated heterocycles. The van der Waals surface area contributed by atoms with Crippen LogP contribution in [0.3, 0.4) is 0 Å². The maximum atomic E-state index is 9.98. The van der Waals surface area contributed by atoms with E-state index in [9.17, 15) is 5.11 Å². The van der Waals surface area contributed by atoms with Gasteiger partial charge in [-0.3, -0.25) is 0 Å². The summed E-state index contributed by atoms with van der Waals surface area (Å²) in [7, 11) is 0. The lowest BCUT2D eigenvalue weighted by Crippen LogP contribution is -2.33. The van der Waals surface area contributed by atoms with E-state index in [0.717, 1.165) is 43.4 Å². The van der Waals surface area contributed by atoms with Gasteiger partial charge in [0.15, 0.2) is 0 Å². The van der Waals surface area contributed by atoms with Crippen molar-refractivity contribution < 1.29 is 5.11 Å². The molecule has 0 spiro atoms. The Balaban J connectivity index is 1.45. The Bertz CT molecular complexity index is 676. The average Bonchev–Trinajstić information content (AvgIpc) is 2.61. The van der Waals surface area contributed by atoms with Crippen LogP contribution in [-0.2, 0) is 0 Å². The Morgan fingerprint density at radius 3 is 2.35 bits per heavy atom. The van der Waals surface area contributed by atoms with Crippen LogP contribution in [-0.4, -0.2) is 17.7 Å². The van der Waals surface area contributed by atoms with Crippen LogP contribution >= 0.6 is 0 Å². The molecule has 2 nitrogen and oxygen atoms in total. The number of hydrogen-bond acceptors (Lipinski definition) is 2. The number of aromatic hydroxyl groups is 1. The standard InChI is InChI=1S/C21H23NO/c23-21-11-5-4-10-20(21)18-12-14-19(15-13-18)22-16-6-9-17-7-2-1-3-8-17/h1-5,7-8,10-11,18-19,22-23H,12-16H2. The van der Waals surface area contributed by atoms with Crippen LogP contribution in [0.2, 0.25) is 0 Å². The summed E-state index contributed by atoms with van der Waals surface area (Å²) in [5, 5.41) is 13.5. The van der Waals surface area contributed by atoms with Gasteiger partial charge < -0.3 is 10.4 Å². The maximum Gasteiger partial charge on any atom is 0.119 e. The van der Waals surface area contributed by atoms with E-state index in [-0.39, 0.29) is 0 Å². The molecular weight excluding hydrogens is 282 g/mol. The molecule has 1 aliphatic carbocycles. The quantitative estimate of drug-likeness (QED) is 0.838.